The topological polar surface area (TPSA) is 62.8 Å². The van der Waals surface area contributed by atoms with Crippen LogP contribution in [0.3, 0.4) is 0 Å². The molecule has 1 aliphatic heterocycles. The average Bonchev–Trinajstić information content (AvgIpc) is 2.75. The minimum Gasteiger partial charge on any atom is -0.493 e. The number of amides is 2. The number of rotatable bonds is 9. The fraction of sp³-hybridized carbons (Fsp3) is 0.435. The van der Waals surface area contributed by atoms with E-state index in [0.717, 1.165) is 56.1 Å². The molecular weight excluding hydrogens is 366 g/mol. The van der Waals surface area contributed by atoms with Gasteiger partial charge in [0.05, 0.1) is 19.8 Å². The molecule has 0 atom stereocenters. The second-order valence-corrected chi connectivity index (χ2v) is 7.23. The summed E-state index contributed by atoms with van der Waals surface area (Å²) in [5.74, 6) is 0.897. The fourth-order valence-electron chi connectivity index (χ4n) is 3.30. The van der Waals surface area contributed by atoms with Crippen molar-refractivity contribution in [3.8, 4) is 5.75 Å². The molecule has 6 heteroatoms. The summed E-state index contributed by atoms with van der Waals surface area (Å²) in [6, 6.07) is 16.1. The van der Waals surface area contributed by atoms with Crippen molar-refractivity contribution in [3.63, 3.8) is 0 Å². The molecule has 0 radical (unpaired) electrons. The van der Waals surface area contributed by atoms with Crippen molar-refractivity contribution in [2.75, 3.05) is 39.5 Å². The highest BCUT2D eigenvalue weighted by atomic mass is 16.5. The number of benzene rings is 2. The van der Waals surface area contributed by atoms with Crippen LogP contribution in [0.25, 0.3) is 0 Å². The van der Waals surface area contributed by atoms with E-state index in [1.807, 2.05) is 43.3 Å². The van der Waals surface area contributed by atoms with Crippen LogP contribution in [0.1, 0.15) is 23.1 Å². The van der Waals surface area contributed by atoms with Crippen molar-refractivity contribution in [1.29, 1.82) is 0 Å². The van der Waals surface area contributed by atoms with Gasteiger partial charge in [0.15, 0.2) is 0 Å². The lowest BCUT2D eigenvalue weighted by atomic mass is 10.1. The molecule has 1 aliphatic rings. The molecule has 156 valence electrons. The van der Waals surface area contributed by atoms with Gasteiger partial charge in [-0.1, -0.05) is 42.5 Å². The number of hydrogen-bond donors (Lipinski definition) is 2. The molecule has 6 nitrogen and oxygen atoms in total. The Hall–Kier alpha value is -2.57. The van der Waals surface area contributed by atoms with Crippen molar-refractivity contribution in [3.05, 3.63) is 65.2 Å². The van der Waals surface area contributed by atoms with E-state index in [1.54, 1.807) is 0 Å². The van der Waals surface area contributed by atoms with Gasteiger partial charge in [0.2, 0.25) is 0 Å². The number of nitrogens with one attached hydrogen (secondary N) is 2. The first kappa shape index (κ1) is 21.1. The van der Waals surface area contributed by atoms with Gasteiger partial charge in [-0.3, -0.25) is 4.90 Å². The van der Waals surface area contributed by atoms with E-state index < -0.39 is 0 Å². The Bertz CT molecular complexity index is 775. The first-order valence-corrected chi connectivity index (χ1v) is 10.3. The van der Waals surface area contributed by atoms with Crippen molar-refractivity contribution in [2.24, 2.45) is 0 Å². The molecule has 3 rings (SSSR count). The quantitative estimate of drug-likeness (QED) is 0.639. The Morgan fingerprint density at radius 2 is 1.76 bits per heavy atom. The maximum absolute atomic E-state index is 12.1. The standard InChI is InChI=1S/C23H31N3O3/c1-19-7-2-5-10-22(19)29-14-6-11-24-23(27)25-17-20-8-3-4-9-21(20)18-26-12-15-28-16-13-26/h2-5,7-10H,6,11-18H2,1H3,(H2,24,25,27). The van der Waals surface area contributed by atoms with E-state index >= 15 is 0 Å². The van der Waals surface area contributed by atoms with E-state index in [9.17, 15) is 4.79 Å². The van der Waals surface area contributed by atoms with Gasteiger partial charge in [-0.15, -0.1) is 0 Å². The van der Waals surface area contributed by atoms with Crippen molar-refractivity contribution < 1.29 is 14.3 Å². The summed E-state index contributed by atoms with van der Waals surface area (Å²) in [6.07, 6.45) is 0.759. The third kappa shape index (κ3) is 7.07. The molecule has 29 heavy (non-hydrogen) atoms. The molecule has 1 saturated heterocycles. The highest BCUT2D eigenvalue weighted by Crippen LogP contribution is 2.16. The Morgan fingerprint density at radius 3 is 2.55 bits per heavy atom. The molecule has 1 fully saturated rings. The normalized spacial score (nSPS) is 14.4. The highest BCUT2D eigenvalue weighted by Gasteiger charge is 2.13. The summed E-state index contributed by atoms with van der Waals surface area (Å²) in [5, 5.41) is 5.86. The van der Waals surface area contributed by atoms with Gasteiger partial charge in [-0.2, -0.15) is 0 Å². The van der Waals surface area contributed by atoms with Crippen LogP contribution in [0.5, 0.6) is 5.75 Å². The Morgan fingerprint density at radius 1 is 1.03 bits per heavy atom. The Labute approximate surface area is 173 Å². The second-order valence-electron chi connectivity index (χ2n) is 7.23. The van der Waals surface area contributed by atoms with Gasteiger partial charge in [0.25, 0.3) is 0 Å². The number of hydrogen-bond acceptors (Lipinski definition) is 4. The average molecular weight is 398 g/mol. The van der Waals surface area contributed by atoms with Gasteiger partial charge in [0.1, 0.15) is 5.75 Å². The van der Waals surface area contributed by atoms with Gasteiger partial charge < -0.3 is 20.1 Å². The first-order valence-electron chi connectivity index (χ1n) is 10.3. The number of carbonyl (C=O) groups excluding carboxylic acids is 1. The van der Waals surface area contributed by atoms with E-state index in [4.69, 9.17) is 9.47 Å². The number of carbonyl (C=O) groups is 1. The SMILES string of the molecule is Cc1ccccc1OCCCNC(=O)NCc1ccccc1CN1CCOCC1. The molecule has 1 heterocycles. The fourth-order valence-corrected chi connectivity index (χ4v) is 3.30. The predicted molar refractivity (Wildman–Crippen MR) is 114 cm³/mol. The van der Waals surface area contributed by atoms with Crippen molar-refractivity contribution >= 4 is 6.03 Å². The van der Waals surface area contributed by atoms with Crippen molar-refractivity contribution in [1.82, 2.24) is 15.5 Å². The minimum atomic E-state index is -0.151. The summed E-state index contributed by atoms with van der Waals surface area (Å²) in [6.45, 7) is 8.07. The number of para-hydroxylation sites is 1. The van der Waals surface area contributed by atoms with E-state index in [1.165, 1.54) is 5.56 Å². The maximum atomic E-state index is 12.1. The summed E-state index contributed by atoms with van der Waals surface area (Å²) in [5.41, 5.74) is 3.52. The zero-order valence-corrected chi connectivity index (χ0v) is 17.2. The lowest BCUT2D eigenvalue weighted by Crippen LogP contribution is -2.37. The van der Waals surface area contributed by atoms with E-state index in [0.29, 0.717) is 19.7 Å². The molecule has 2 amide bonds. The molecular formula is C23H31N3O3. The summed E-state index contributed by atoms with van der Waals surface area (Å²) in [4.78, 5) is 14.5. The number of urea groups is 1. The van der Waals surface area contributed by atoms with Crippen molar-refractivity contribution in [2.45, 2.75) is 26.4 Å². The summed E-state index contributed by atoms with van der Waals surface area (Å²) < 4.78 is 11.2. The Balaban J connectivity index is 1.35. The lowest BCUT2D eigenvalue weighted by Gasteiger charge is -2.27. The zero-order chi connectivity index (χ0) is 20.3. The van der Waals surface area contributed by atoms with Gasteiger partial charge >= 0.3 is 6.03 Å². The van der Waals surface area contributed by atoms with Gasteiger partial charge in [-0.05, 0) is 36.1 Å². The van der Waals surface area contributed by atoms with Crippen LogP contribution in [0.15, 0.2) is 48.5 Å². The molecule has 2 aromatic rings. The van der Waals surface area contributed by atoms with E-state index in [-0.39, 0.29) is 6.03 Å². The van der Waals surface area contributed by atoms with Crippen LogP contribution in [0.2, 0.25) is 0 Å². The number of aryl methyl sites for hydroxylation is 1. The molecule has 0 unspecified atom stereocenters. The zero-order valence-electron chi connectivity index (χ0n) is 17.2. The minimum absolute atomic E-state index is 0.151. The third-order valence-electron chi connectivity index (χ3n) is 5.01. The van der Waals surface area contributed by atoms with Gasteiger partial charge in [-0.25, -0.2) is 4.79 Å². The maximum Gasteiger partial charge on any atom is 0.315 e. The smallest absolute Gasteiger partial charge is 0.315 e. The Kier molecular flexibility index (Phi) is 8.34. The number of morpholine rings is 1. The lowest BCUT2D eigenvalue weighted by molar-refractivity contribution is 0.0341. The largest absolute Gasteiger partial charge is 0.493 e. The molecule has 2 N–H and O–H groups in total. The molecule has 0 saturated carbocycles. The summed E-state index contributed by atoms with van der Waals surface area (Å²) in [7, 11) is 0. The molecule has 0 spiro atoms. The number of nitrogens with zero attached hydrogens (tertiary/aromatic N) is 1. The molecule has 2 aromatic carbocycles. The van der Waals surface area contributed by atoms with Crippen LogP contribution in [-0.2, 0) is 17.8 Å². The van der Waals surface area contributed by atoms with E-state index in [2.05, 4.69) is 27.7 Å². The highest BCUT2D eigenvalue weighted by molar-refractivity contribution is 5.73. The van der Waals surface area contributed by atoms with Crippen LogP contribution < -0.4 is 15.4 Å². The first-order chi connectivity index (χ1) is 14.2. The number of ether oxygens (including phenoxy) is 2. The van der Waals surface area contributed by atoms with Gasteiger partial charge in [0, 0.05) is 32.7 Å². The molecule has 0 aliphatic carbocycles. The molecule has 0 aromatic heterocycles. The third-order valence-corrected chi connectivity index (χ3v) is 5.01. The second kappa shape index (κ2) is 11.4. The van der Waals surface area contributed by atoms with Crippen LogP contribution >= 0.6 is 0 Å². The van der Waals surface area contributed by atoms with Crippen LogP contribution in [0, 0.1) is 6.92 Å². The monoisotopic (exact) mass is 397 g/mol. The van der Waals surface area contributed by atoms with Crippen LogP contribution in [-0.4, -0.2) is 50.4 Å². The van der Waals surface area contributed by atoms with Crippen LogP contribution in [0.4, 0.5) is 4.79 Å². The predicted octanol–water partition coefficient (Wildman–Crippen LogP) is 3.10. The summed E-state index contributed by atoms with van der Waals surface area (Å²) >= 11 is 0. The molecule has 0 bridgehead atoms.